The predicted octanol–water partition coefficient (Wildman–Crippen LogP) is 2.91. The molecule has 4 nitrogen and oxygen atoms in total. The van der Waals surface area contributed by atoms with Crippen LogP contribution in [0.2, 0.25) is 5.02 Å². The Morgan fingerprint density at radius 2 is 2.16 bits per heavy atom. The molecule has 0 spiro atoms. The molecule has 0 saturated carbocycles. The number of amides is 1. The van der Waals surface area contributed by atoms with Crippen molar-refractivity contribution in [3.63, 3.8) is 0 Å². The lowest BCUT2D eigenvalue weighted by molar-refractivity contribution is -0.120. The summed E-state index contributed by atoms with van der Waals surface area (Å²) < 4.78 is 5.34. The summed E-state index contributed by atoms with van der Waals surface area (Å²) in [6.07, 6.45) is 0. The molecule has 1 atom stereocenters. The molecule has 106 valence electrons. The van der Waals surface area contributed by atoms with Crippen LogP contribution < -0.4 is 15.8 Å². The average molecular weight is 285 g/mol. The molecule has 5 heteroatoms. The van der Waals surface area contributed by atoms with Crippen molar-refractivity contribution in [2.75, 3.05) is 18.5 Å². The Balaban J connectivity index is 2.77. The van der Waals surface area contributed by atoms with Gasteiger partial charge in [0.1, 0.15) is 5.75 Å². The largest absolute Gasteiger partial charge is 0.492 e. The molecule has 0 aliphatic carbocycles. The van der Waals surface area contributed by atoms with Gasteiger partial charge >= 0.3 is 0 Å². The Hall–Kier alpha value is -1.26. The zero-order valence-corrected chi connectivity index (χ0v) is 12.3. The summed E-state index contributed by atoms with van der Waals surface area (Å²) in [6, 6.07) is 5.19. The SMILES string of the molecule is CCOc1ccc(NC(=O)C(CN)C(C)C)cc1Cl. The number of nitrogens with two attached hydrogens (primary N) is 1. The Bertz CT molecular complexity index is 435. The molecular formula is C14H21ClN2O2. The number of nitrogens with one attached hydrogen (secondary N) is 1. The van der Waals surface area contributed by atoms with Gasteiger partial charge in [0.15, 0.2) is 0 Å². The van der Waals surface area contributed by atoms with Crippen molar-refractivity contribution >= 4 is 23.2 Å². The van der Waals surface area contributed by atoms with E-state index in [1.165, 1.54) is 0 Å². The second kappa shape index (κ2) is 7.36. The fraction of sp³-hybridized carbons (Fsp3) is 0.500. The van der Waals surface area contributed by atoms with E-state index in [1.54, 1.807) is 18.2 Å². The monoisotopic (exact) mass is 284 g/mol. The van der Waals surface area contributed by atoms with Crippen molar-refractivity contribution in [3.05, 3.63) is 23.2 Å². The first-order valence-corrected chi connectivity index (χ1v) is 6.80. The smallest absolute Gasteiger partial charge is 0.229 e. The normalized spacial score (nSPS) is 12.3. The number of halogens is 1. The van der Waals surface area contributed by atoms with Crippen LogP contribution in [0.15, 0.2) is 18.2 Å². The molecule has 0 saturated heterocycles. The molecule has 0 fully saturated rings. The van der Waals surface area contributed by atoms with Crippen LogP contribution in [0.5, 0.6) is 5.75 Å². The zero-order valence-electron chi connectivity index (χ0n) is 11.6. The first kappa shape index (κ1) is 15.8. The molecule has 0 radical (unpaired) electrons. The van der Waals surface area contributed by atoms with E-state index < -0.39 is 0 Å². The topological polar surface area (TPSA) is 64.3 Å². The van der Waals surface area contributed by atoms with Gasteiger partial charge in [0.25, 0.3) is 0 Å². The van der Waals surface area contributed by atoms with Crippen LogP contribution in [0.3, 0.4) is 0 Å². The number of hydrogen-bond donors (Lipinski definition) is 2. The summed E-state index contributed by atoms with van der Waals surface area (Å²) in [4.78, 5) is 12.0. The Morgan fingerprint density at radius 1 is 1.47 bits per heavy atom. The van der Waals surface area contributed by atoms with Gasteiger partial charge in [-0.05, 0) is 31.0 Å². The number of carbonyl (C=O) groups excluding carboxylic acids is 1. The second-order valence-corrected chi connectivity index (χ2v) is 5.06. The van der Waals surface area contributed by atoms with E-state index in [0.717, 1.165) is 0 Å². The number of hydrogen-bond acceptors (Lipinski definition) is 3. The van der Waals surface area contributed by atoms with E-state index in [1.807, 2.05) is 20.8 Å². The Labute approximate surface area is 119 Å². The van der Waals surface area contributed by atoms with Crippen molar-refractivity contribution in [2.45, 2.75) is 20.8 Å². The van der Waals surface area contributed by atoms with Gasteiger partial charge < -0.3 is 15.8 Å². The van der Waals surface area contributed by atoms with E-state index in [0.29, 0.717) is 29.6 Å². The number of carbonyl (C=O) groups is 1. The third kappa shape index (κ3) is 4.40. The lowest BCUT2D eigenvalue weighted by Gasteiger charge is -2.18. The van der Waals surface area contributed by atoms with E-state index in [9.17, 15) is 4.79 Å². The molecule has 1 amide bonds. The fourth-order valence-corrected chi connectivity index (χ4v) is 2.00. The van der Waals surface area contributed by atoms with Crippen LogP contribution in [0.25, 0.3) is 0 Å². The molecule has 1 aromatic rings. The summed E-state index contributed by atoms with van der Waals surface area (Å²) >= 11 is 6.07. The van der Waals surface area contributed by atoms with Crippen molar-refractivity contribution in [3.8, 4) is 5.75 Å². The quantitative estimate of drug-likeness (QED) is 0.844. The van der Waals surface area contributed by atoms with Crippen molar-refractivity contribution in [1.82, 2.24) is 0 Å². The minimum absolute atomic E-state index is 0.0854. The lowest BCUT2D eigenvalue weighted by Crippen LogP contribution is -2.33. The zero-order chi connectivity index (χ0) is 14.4. The maximum Gasteiger partial charge on any atom is 0.229 e. The molecule has 0 aromatic heterocycles. The standard InChI is InChI=1S/C14H21ClN2O2/c1-4-19-13-6-5-10(7-12(13)15)17-14(18)11(8-16)9(2)3/h5-7,9,11H,4,8,16H2,1-3H3,(H,17,18). The highest BCUT2D eigenvalue weighted by Gasteiger charge is 2.20. The highest BCUT2D eigenvalue weighted by molar-refractivity contribution is 6.32. The molecule has 0 bridgehead atoms. The van der Waals surface area contributed by atoms with Gasteiger partial charge in [-0.3, -0.25) is 4.79 Å². The van der Waals surface area contributed by atoms with Crippen LogP contribution in [-0.2, 0) is 4.79 Å². The summed E-state index contributed by atoms with van der Waals surface area (Å²) in [6.45, 7) is 6.72. The molecule has 0 heterocycles. The van der Waals surface area contributed by atoms with Gasteiger partial charge in [0.2, 0.25) is 5.91 Å². The summed E-state index contributed by atoms with van der Waals surface area (Å²) in [5, 5.41) is 3.31. The van der Waals surface area contributed by atoms with E-state index in [2.05, 4.69) is 5.32 Å². The number of anilines is 1. The number of ether oxygens (including phenoxy) is 1. The van der Waals surface area contributed by atoms with Gasteiger partial charge in [-0.1, -0.05) is 25.4 Å². The van der Waals surface area contributed by atoms with Gasteiger partial charge in [-0.2, -0.15) is 0 Å². The molecule has 1 aromatic carbocycles. The molecule has 0 aliphatic heterocycles. The van der Waals surface area contributed by atoms with Crippen LogP contribution in [-0.4, -0.2) is 19.1 Å². The van der Waals surface area contributed by atoms with Crippen molar-refractivity contribution in [1.29, 1.82) is 0 Å². The van der Waals surface area contributed by atoms with Crippen LogP contribution >= 0.6 is 11.6 Å². The minimum Gasteiger partial charge on any atom is -0.492 e. The van der Waals surface area contributed by atoms with Crippen molar-refractivity contribution < 1.29 is 9.53 Å². The van der Waals surface area contributed by atoms with Gasteiger partial charge in [-0.15, -0.1) is 0 Å². The van der Waals surface area contributed by atoms with Crippen LogP contribution in [0, 0.1) is 11.8 Å². The van der Waals surface area contributed by atoms with Crippen LogP contribution in [0.4, 0.5) is 5.69 Å². The van der Waals surface area contributed by atoms with Gasteiger partial charge in [-0.25, -0.2) is 0 Å². The maximum atomic E-state index is 12.0. The second-order valence-electron chi connectivity index (χ2n) is 4.65. The first-order valence-electron chi connectivity index (χ1n) is 6.42. The lowest BCUT2D eigenvalue weighted by atomic mass is 9.95. The summed E-state index contributed by atoms with van der Waals surface area (Å²) in [7, 11) is 0. The van der Waals surface area contributed by atoms with Gasteiger partial charge in [0.05, 0.1) is 17.5 Å². The molecular weight excluding hydrogens is 264 g/mol. The highest BCUT2D eigenvalue weighted by atomic mass is 35.5. The third-order valence-corrected chi connectivity index (χ3v) is 3.19. The van der Waals surface area contributed by atoms with Crippen molar-refractivity contribution in [2.24, 2.45) is 17.6 Å². The molecule has 1 rings (SSSR count). The number of rotatable bonds is 6. The van der Waals surface area contributed by atoms with Crippen LogP contribution in [0.1, 0.15) is 20.8 Å². The Kier molecular flexibility index (Phi) is 6.12. The number of benzene rings is 1. The summed E-state index contributed by atoms with van der Waals surface area (Å²) in [5.74, 6) is 0.521. The van der Waals surface area contributed by atoms with E-state index in [-0.39, 0.29) is 17.7 Å². The van der Waals surface area contributed by atoms with E-state index >= 15 is 0 Å². The van der Waals surface area contributed by atoms with E-state index in [4.69, 9.17) is 22.1 Å². The average Bonchev–Trinajstić information content (AvgIpc) is 2.33. The molecule has 19 heavy (non-hydrogen) atoms. The molecule has 3 N–H and O–H groups in total. The minimum atomic E-state index is -0.203. The first-order chi connectivity index (χ1) is 8.99. The fourth-order valence-electron chi connectivity index (χ4n) is 1.77. The molecule has 0 aliphatic rings. The highest BCUT2D eigenvalue weighted by Crippen LogP contribution is 2.28. The predicted molar refractivity (Wildman–Crippen MR) is 78.6 cm³/mol. The Morgan fingerprint density at radius 3 is 2.63 bits per heavy atom. The maximum absolute atomic E-state index is 12.0. The summed E-state index contributed by atoms with van der Waals surface area (Å²) in [5.41, 5.74) is 6.27. The van der Waals surface area contributed by atoms with Gasteiger partial charge in [0, 0.05) is 12.2 Å². The molecule has 1 unspecified atom stereocenters. The third-order valence-electron chi connectivity index (χ3n) is 2.89.